The standard InChI is InChI=1S/C17H25N3OS/c1-14(2)20-11-16(8-18-20)10-19(9-15-5-7-22-13-15)12-17-4-3-6-21-17/h5,7-8,11,13-14,17H,3-4,6,9-10,12H2,1-2H3/t17-/m0/s1. The van der Waals surface area contributed by atoms with Crippen LogP contribution < -0.4 is 0 Å². The Labute approximate surface area is 136 Å². The summed E-state index contributed by atoms with van der Waals surface area (Å²) in [6.45, 7) is 8.15. The molecule has 22 heavy (non-hydrogen) atoms. The molecule has 0 aromatic carbocycles. The van der Waals surface area contributed by atoms with Gasteiger partial charge in [0, 0.05) is 44.0 Å². The highest BCUT2D eigenvalue weighted by Gasteiger charge is 2.20. The van der Waals surface area contributed by atoms with E-state index in [2.05, 4.69) is 46.9 Å². The molecule has 1 aliphatic heterocycles. The van der Waals surface area contributed by atoms with Gasteiger partial charge in [0.2, 0.25) is 0 Å². The molecule has 0 unspecified atom stereocenters. The van der Waals surface area contributed by atoms with Crippen LogP contribution in [0.3, 0.4) is 0 Å². The highest BCUT2D eigenvalue weighted by molar-refractivity contribution is 7.07. The lowest BCUT2D eigenvalue weighted by Gasteiger charge is -2.24. The van der Waals surface area contributed by atoms with Gasteiger partial charge in [-0.25, -0.2) is 0 Å². The first-order chi connectivity index (χ1) is 10.7. The molecular formula is C17H25N3OS. The topological polar surface area (TPSA) is 30.3 Å². The van der Waals surface area contributed by atoms with Gasteiger partial charge in [-0.3, -0.25) is 9.58 Å². The second-order valence-corrected chi connectivity index (χ2v) is 7.14. The van der Waals surface area contributed by atoms with Crippen LogP contribution in [-0.2, 0) is 17.8 Å². The molecule has 2 aromatic rings. The Balaban J connectivity index is 1.65. The van der Waals surface area contributed by atoms with Crippen LogP contribution in [0.15, 0.2) is 29.2 Å². The van der Waals surface area contributed by atoms with E-state index in [0.717, 1.165) is 26.2 Å². The first-order valence-electron chi connectivity index (χ1n) is 8.09. The van der Waals surface area contributed by atoms with Crippen molar-refractivity contribution in [3.8, 4) is 0 Å². The highest BCUT2D eigenvalue weighted by atomic mass is 32.1. The predicted octanol–water partition coefficient (Wildman–Crippen LogP) is 3.71. The maximum Gasteiger partial charge on any atom is 0.0703 e. The number of nitrogens with zero attached hydrogens (tertiary/aromatic N) is 3. The molecule has 1 aliphatic rings. The second kappa shape index (κ2) is 7.40. The van der Waals surface area contributed by atoms with Gasteiger partial charge in [0.25, 0.3) is 0 Å². The van der Waals surface area contributed by atoms with Gasteiger partial charge < -0.3 is 4.74 Å². The van der Waals surface area contributed by atoms with E-state index in [1.165, 1.54) is 24.0 Å². The molecular weight excluding hydrogens is 294 g/mol. The van der Waals surface area contributed by atoms with E-state index in [1.54, 1.807) is 11.3 Å². The van der Waals surface area contributed by atoms with E-state index in [9.17, 15) is 0 Å². The van der Waals surface area contributed by atoms with E-state index >= 15 is 0 Å². The molecule has 120 valence electrons. The van der Waals surface area contributed by atoms with Crippen LogP contribution in [0.4, 0.5) is 0 Å². The van der Waals surface area contributed by atoms with Crippen molar-refractivity contribution < 1.29 is 4.74 Å². The molecule has 1 atom stereocenters. The van der Waals surface area contributed by atoms with Crippen molar-refractivity contribution in [3.63, 3.8) is 0 Å². The highest BCUT2D eigenvalue weighted by Crippen LogP contribution is 2.18. The van der Waals surface area contributed by atoms with Gasteiger partial charge in [0.15, 0.2) is 0 Å². The lowest BCUT2D eigenvalue weighted by molar-refractivity contribution is 0.0679. The second-order valence-electron chi connectivity index (χ2n) is 6.36. The fraction of sp³-hybridized carbons (Fsp3) is 0.588. The van der Waals surface area contributed by atoms with Crippen molar-refractivity contribution in [3.05, 3.63) is 40.3 Å². The van der Waals surface area contributed by atoms with Crippen LogP contribution in [0.1, 0.15) is 43.9 Å². The largest absolute Gasteiger partial charge is 0.377 e. The van der Waals surface area contributed by atoms with Gasteiger partial charge in [-0.05, 0) is 49.1 Å². The summed E-state index contributed by atoms with van der Waals surface area (Å²) in [4.78, 5) is 2.49. The zero-order chi connectivity index (χ0) is 15.4. The molecule has 1 fully saturated rings. The minimum absolute atomic E-state index is 0.388. The van der Waals surface area contributed by atoms with Crippen LogP contribution in [0, 0.1) is 0 Å². The molecule has 0 radical (unpaired) electrons. The molecule has 0 amide bonds. The number of aromatic nitrogens is 2. The molecule has 3 heterocycles. The maximum absolute atomic E-state index is 5.82. The number of hydrogen-bond donors (Lipinski definition) is 0. The van der Waals surface area contributed by atoms with Crippen LogP contribution in [0.5, 0.6) is 0 Å². The Morgan fingerprint density at radius 3 is 2.91 bits per heavy atom. The average Bonchev–Trinajstić information content (AvgIpc) is 3.19. The normalized spacial score (nSPS) is 18.6. The monoisotopic (exact) mass is 319 g/mol. The van der Waals surface area contributed by atoms with Crippen LogP contribution in [0.2, 0.25) is 0 Å². The summed E-state index contributed by atoms with van der Waals surface area (Å²) in [6.07, 6.45) is 6.93. The van der Waals surface area contributed by atoms with Gasteiger partial charge in [0.05, 0.1) is 12.3 Å². The van der Waals surface area contributed by atoms with E-state index in [4.69, 9.17) is 4.74 Å². The molecule has 5 heteroatoms. The van der Waals surface area contributed by atoms with Crippen molar-refractivity contribution in [2.75, 3.05) is 13.2 Å². The third-order valence-corrected chi connectivity index (χ3v) is 4.79. The Morgan fingerprint density at radius 1 is 1.41 bits per heavy atom. The number of ether oxygens (including phenoxy) is 1. The summed E-state index contributed by atoms with van der Waals surface area (Å²) in [5.41, 5.74) is 2.67. The number of hydrogen-bond acceptors (Lipinski definition) is 4. The van der Waals surface area contributed by atoms with Crippen molar-refractivity contribution >= 4 is 11.3 Å². The van der Waals surface area contributed by atoms with Crippen molar-refractivity contribution in [1.29, 1.82) is 0 Å². The molecule has 0 bridgehead atoms. The molecule has 0 N–H and O–H groups in total. The predicted molar refractivity (Wildman–Crippen MR) is 90.0 cm³/mol. The molecule has 1 saturated heterocycles. The Morgan fingerprint density at radius 2 is 2.27 bits per heavy atom. The van der Waals surface area contributed by atoms with Crippen LogP contribution >= 0.6 is 11.3 Å². The minimum atomic E-state index is 0.388. The number of thiophene rings is 1. The molecule has 0 aliphatic carbocycles. The molecule has 0 saturated carbocycles. The lowest BCUT2D eigenvalue weighted by Crippen LogP contribution is -2.31. The summed E-state index contributed by atoms with van der Waals surface area (Å²) < 4.78 is 7.86. The SMILES string of the molecule is CC(C)n1cc(CN(Cc2ccsc2)C[C@@H]2CCCO2)cn1. The maximum atomic E-state index is 5.82. The molecule has 4 nitrogen and oxygen atoms in total. The van der Waals surface area contributed by atoms with E-state index < -0.39 is 0 Å². The first-order valence-corrected chi connectivity index (χ1v) is 9.03. The molecule has 0 spiro atoms. The summed E-state index contributed by atoms with van der Waals surface area (Å²) in [6, 6.07) is 2.63. The average molecular weight is 319 g/mol. The van der Waals surface area contributed by atoms with Crippen molar-refractivity contribution in [1.82, 2.24) is 14.7 Å². The zero-order valence-corrected chi connectivity index (χ0v) is 14.3. The smallest absolute Gasteiger partial charge is 0.0703 e. The third-order valence-electron chi connectivity index (χ3n) is 4.06. The number of rotatable bonds is 7. The van der Waals surface area contributed by atoms with Crippen LogP contribution in [-0.4, -0.2) is 33.9 Å². The van der Waals surface area contributed by atoms with E-state index in [1.807, 2.05) is 10.9 Å². The van der Waals surface area contributed by atoms with Gasteiger partial charge in [-0.2, -0.15) is 16.4 Å². The van der Waals surface area contributed by atoms with E-state index in [0.29, 0.717) is 12.1 Å². The summed E-state index contributed by atoms with van der Waals surface area (Å²) in [7, 11) is 0. The molecule has 2 aromatic heterocycles. The van der Waals surface area contributed by atoms with Gasteiger partial charge in [0.1, 0.15) is 0 Å². The van der Waals surface area contributed by atoms with Crippen molar-refractivity contribution in [2.45, 2.75) is 51.9 Å². The Bertz CT molecular complexity index is 558. The Kier molecular flexibility index (Phi) is 5.28. The van der Waals surface area contributed by atoms with Crippen molar-refractivity contribution in [2.24, 2.45) is 0 Å². The fourth-order valence-corrected chi connectivity index (χ4v) is 3.56. The Hall–Kier alpha value is -1.17. The van der Waals surface area contributed by atoms with Gasteiger partial charge in [-0.1, -0.05) is 0 Å². The summed E-state index contributed by atoms with van der Waals surface area (Å²) >= 11 is 1.76. The summed E-state index contributed by atoms with van der Waals surface area (Å²) in [5, 5.41) is 8.84. The van der Waals surface area contributed by atoms with Crippen LogP contribution in [0.25, 0.3) is 0 Å². The van der Waals surface area contributed by atoms with Gasteiger partial charge in [-0.15, -0.1) is 0 Å². The van der Waals surface area contributed by atoms with Gasteiger partial charge >= 0.3 is 0 Å². The quantitative estimate of drug-likeness (QED) is 0.779. The fourth-order valence-electron chi connectivity index (χ4n) is 2.90. The van der Waals surface area contributed by atoms with E-state index in [-0.39, 0.29) is 0 Å². The first kappa shape index (κ1) is 15.7. The summed E-state index contributed by atoms with van der Waals surface area (Å²) in [5.74, 6) is 0. The zero-order valence-electron chi connectivity index (χ0n) is 13.4. The third kappa shape index (κ3) is 4.18. The lowest BCUT2D eigenvalue weighted by atomic mass is 10.2. The minimum Gasteiger partial charge on any atom is -0.377 e. The molecule has 3 rings (SSSR count).